The van der Waals surface area contributed by atoms with Crippen LogP contribution in [0.25, 0.3) is 0 Å². The van der Waals surface area contributed by atoms with E-state index in [9.17, 15) is 9.59 Å². The Bertz CT molecular complexity index is 526. The first-order valence-corrected chi connectivity index (χ1v) is 6.52. The Morgan fingerprint density at radius 2 is 1.89 bits per heavy atom. The molecule has 0 aliphatic carbocycles. The molecule has 1 aromatic rings. The second kappa shape index (κ2) is 4.90. The lowest BCUT2D eigenvalue weighted by Gasteiger charge is -2.18. The number of fused-ring (bicyclic) bond motifs is 1. The highest BCUT2D eigenvalue weighted by Crippen LogP contribution is 2.38. The molecule has 0 unspecified atom stereocenters. The molecule has 0 atom stereocenters. The molecule has 0 aromatic heterocycles. The number of hydrogen-bond donors (Lipinski definition) is 0. The van der Waals surface area contributed by atoms with Gasteiger partial charge in [0.15, 0.2) is 0 Å². The number of benzene rings is 1. The molecule has 18 heavy (non-hydrogen) atoms. The zero-order valence-corrected chi connectivity index (χ0v) is 11.7. The third-order valence-electron chi connectivity index (χ3n) is 2.91. The number of amides is 1. The average Bonchev–Trinajstić information content (AvgIpc) is 2.51. The molecule has 0 radical (unpaired) electrons. The third kappa shape index (κ3) is 2.25. The van der Waals surface area contributed by atoms with Crippen molar-refractivity contribution in [1.29, 1.82) is 0 Å². The molecular formula is C13H13Cl2NO2. The molecular weight excluding hydrogens is 273 g/mol. The molecule has 2 rings (SSSR count). The van der Waals surface area contributed by atoms with Gasteiger partial charge in [-0.05, 0) is 24.5 Å². The number of ketones is 1. The van der Waals surface area contributed by atoms with Gasteiger partial charge in [0, 0.05) is 11.6 Å². The summed E-state index contributed by atoms with van der Waals surface area (Å²) in [7, 11) is 0. The van der Waals surface area contributed by atoms with E-state index in [1.807, 2.05) is 0 Å². The van der Waals surface area contributed by atoms with Crippen molar-refractivity contribution in [2.24, 2.45) is 5.92 Å². The molecule has 1 aromatic carbocycles. The fourth-order valence-electron chi connectivity index (χ4n) is 1.95. The van der Waals surface area contributed by atoms with Crippen LogP contribution >= 0.6 is 23.2 Å². The lowest BCUT2D eigenvalue weighted by molar-refractivity contribution is -0.114. The summed E-state index contributed by atoms with van der Waals surface area (Å²) in [5, 5.41) is 0.714. The normalized spacial score (nSPS) is 14.6. The summed E-state index contributed by atoms with van der Waals surface area (Å²) in [6, 6.07) is 3.05. The fourth-order valence-corrected chi connectivity index (χ4v) is 2.55. The van der Waals surface area contributed by atoms with Crippen LogP contribution in [0.5, 0.6) is 0 Å². The highest BCUT2D eigenvalue weighted by molar-refractivity contribution is 6.54. The number of rotatable bonds is 3. The Morgan fingerprint density at radius 1 is 1.22 bits per heavy atom. The Hall–Kier alpha value is -1.06. The van der Waals surface area contributed by atoms with Gasteiger partial charge in [-0.1, -0.05) is 37.0 Å². The maximum absolute atomic E-state index is 11.9. The number of halogens is 2. The first kappa shape index (κ1) is 13.4. The lowest BCUT2D eigenvalue weighted by Crippen LogP contribution is -2.31. The predicted molar refractivity (Wildman–Crippen MR) is 72.6 cm³/mol. The van der Waals surface area contributed by atoms with Crippen LogP contribution in [0, 0.1) is 5.92 Å². The van der Waals surface area contributed by atoms with E-state index in [1.54, 1.807) is 6.07 Å². The highest BCUT2D eigenvalue weighted by atomic mass is 35.5. The van der Waals surface area contributed by atoms with Crippen LogP contribution in [0.15, 0.2) is 12.1 Å². The van der Waals surface area contributed by atoms with E-state index in [1.165, 1.54) is 11.0 Å². The molecule has 1 aliphatic rings. The molecule has 0 spiro atoms. The Morgan fingerprint density at radius 3 is 2.50 bits per heavy atom. The maximum atomic E-state index is 11.9. The van der Waals surface area contributed by atoms with Crippen molar-refractivity contribution in [2.45, 2.75) is 20.3 Å². The maximum Gasteiger partial charge on any atom is 0.299 e. The van der Waals surface area contributed by atoms with Crippen LogP contribution in [0.4, 0.5) is 5.69 Å². The first-order valence-electron chi connectivity index (χ1n) is 5.77. The van der Waals surface area contributed by atoms with Crippen molar-refractivity contribution < 1.29 is 9.59 Å². The summed E-state index contributed by atoms with van der Waals surface area (Å²) in [6.45, 7) is 4.62. The minimum atomic E-state index is -0.529. The smallest absolute Gasteiger partial charge is 0.299 e. The van der Waals surface area contributed by atoms with Crippen LogP contribution in [-0.4, -0.2) is 18.2 Å². The summed E-state index contributed by atoms with van der Waals surface area (Å²) < 4.78 is 0. The van der Waals surface area contributed by atoms with Gasteiger partial charge < -0.3 is 4.90 Å². The second-order valence-electron chi connectivity index (χ2n) is 4.75. The number of hydrogen-bond acceptors (Lipinski definition) is 2. The highest BCUT2D eigenvalue weighted by Gasteiger charge is 2.37. The summed E-state index contributed by atoms with van der Waals surface area (Å²) in [4.78, 5) is 25.2. The molecule has 1 amide bonds. The predicted octanol–water partition coefficient (Wildman–Crippen LogP) is 3.57. The van der Waals surface area contributed by atoms with E-state index >= 15 is 0 Å². The van der Waals surface area contributed by atoms with E-state index in [-0.39, 0.29) is 0 Å². The number of nitrogens with zero attached hydrogens (tertiary/aromatic N) is 1. The number of Topliss-reactive ketones (excluding diaryl/α,β-unsaturated/α-hetero) is 1. The zero-order valence-electron chi connectivity index (χ0n) is 10.2. The van der Waals surface area contributed by atoms with Gasteiger partial charge in [-0.3, -0.25) is 9.59 Å². The lowest BCUT2D eigenvalue weighted by atomic mass is 10.1. The van der Waals surface area contributed by atoms with E-state index in [0.717, 1.165) is 6.42 Å². The van der Waals surface area contributed by atoms with E-state index in [4.69, 9.17) is 23.2 Å². The molecule has 0 fully saturated rings. The minimum absolute atomic E-state index is 0.307. The molecule has 0 saturated carbocycles. The summed E-state index contributed by atoms with van der Waals surface area (Å²) in [5.74, 6) is -0.601. The first-order chi connectivity index (χ1) is 8.41. The minimum Gasteiger partial charge on any atom is -0.303 e. The van der Waals surface area contributed by atoms with E-state index < -0.39 is 11.7 Å². The molecule has 1 heterocycles. The van der Waals surface area contributed by atoms with Crippen LogP contribution in [0.2, 0.25) is 10.0 Å². The molecule has 1 aliphatic heterocycles. The van der Waals surface area contributed by atoms with E-state index in [2.05, 4.69) is 13.8 Å². The molecule has 3 nitrogen and oxygen atoms in total. The molecule has 5 heteroatoms. The van der Waals surface area contributed by atoms with Crippen molar-refractivity contribution in [3.63, 3.8) is 0 Å². The van der Waals surface area contributed by atoms with E-state index in [0.29, 0.717) is 33.8 Å². The van der Waals surface area contributed by atoms with Crippen molar-refractivity contribution in [3.8, 4) is 0 Å². The quantitative estimate of drug-likeness (QED) is 0.796. The van der Waals surface area contributed by atoms with Gasteiger partial charge in [0.2, 0.25) is 0 Å². The number of carbonyl (C=O) groups excluding carboxylic acids is 2. The Labute approximate surface area is 116 Å². The van der Waals surface area contributed by atoms with Crippen molar-refractivity contribution in [3.05, 3.63) is 27.7 Å². The van der Waals surface area contributed by atoms with Gasteiger partial charge in [0.1, 0.15) is 0 Å². The standard InChI is InChI=1S/C13H13Cl2NO2/c1-7(2)3-4-16-11-9(12(17)13(16)18)5-8(14)6-10(11)15/h5-7H,3-4H2,1-2H3. The van der Waals surface area contributed by atoms with Crippen molar-refractivity contribution in [1.82, 2.24) is 0 Å². The number of carbonyl (C=O) groups is 2. The van der Waals surface area contributed by atoms with Gasteiger partial charge in [-0.15, -0.1) is 0 Å². The summed E-state index contributed by atoms with van der Waals surface area (Å²) >= 11 is 11.9. The molecule has 96 valence electrons. The van der Waals surface area contributed by atoms with Crippen molar-refractivity contribution >= 4 is 40.6 Å². The SMILES string of the molecule is CC(C)CCN1C(=O)C(=O)c2cc(Cl)cc(Cl)c21. The Balaban J connectivity index is 2.42. The van der Waals surface area contributed by atoms with Gasteiger partial charge in [-0.2, -0.15) is 0 Å². The largest absolute Gasteiger partial charge is 0.303 e. The molecule has 0 saturated heterocycles. The van der Waals surface area contributed by atoms with Gasteiger partial charge in [0.05, 0.1) is 16.3 Å². The van der Waals surface area contributed by atoms with Gasteiger partial charge in [-0.25, -0.2) is 0 Å². The molecule has 0 bridgehead atoms. The number of anilines is 1. The Kier molecular flexibility index (Phi) is 3.64. The van der Waals surface area contributed by atoms with Gasteiger partial charge in [0.25, 0.3) is 11.7 Å². The monoisotopic (exact) mass is 285 g/mol. The summed E-state index contributed by atoms with van der Waals surface area (Å²) in [5.41, 5.74) is 0.804. The van der Waals surface area contributed by atoms with Crippen molar-refractivity contribution in [2.75, 3.05) is 11.4 Å². The van der Waals surface area contributed by atoms with Crippen LogP contribution in [0.3, 0.4) is 0 Å². The zero-order chi connectivity index (χ0) is 13.4. The second-order valence-corrected chi connectivity index (χ2v) is 5.60. The molecule has 0 N–H and O–H groups in total. The average molecular weight is 286 g/mol. The van der Waals surface area contributed by atoms with Crippen LogP contribution in [0.1, 0.15) is 30.6 Å². The van der Waals surface area contributed by atoms with Crippen LogP contribution < -0.4 is 4.90 Å². The van der Waals surface area contributed by atoms with Gasteiger partial charge >= 0.3 is 0 Å². The summed E-state index contributed by atoms with van der Waals surface area (Å²) in [6.07, 6.45) is 0.817. The topological polar surface area (TPSA) is 37.4 Å². The third-order valence-corrected chi connectivity index (χ3v) is 3.42. The fraction of sp³-hybridized carbons (Fsp3) is 0.385. The van der Waals surface area contributed by atoms with Crippen LogP contribution in [-0.2, 0) is 4.79 Å².